The van der Waals surface area contributed by atoms with Crippen LogP contribution in [0.2, 0.25) is 0 Å². The van der Waals surface area contributed by atoms with Gasteiger partial charge in [0.2, 0.25) is 0 Å². The van der Waals surface area contributed by atoms with Gasteiger partial charge in [-0.05, 0) is 30.7 Å². The fraction of sp³-hybridized carbons (Fsp3) is 0.273. The van der Waals surface area contributed by atoms with Crippen LogP contribution in [-0.2, 0) is 4.79 Å². The number of carboxylic acids is 1. The first-order valence-corrected chi connectivity index (χ1v) is 5.11. The second kappa shape index (κ2) is 5.97. The van der Waals surface area contributed by atoms with Crippen LogP contribution in [0.4, 0.5) is 14.9 Å². The van der Waals surface area contributed by atoms with Gasteiger partial charge >= 0.3 is 12.0 Å². The van der Waals surface area contributed by atoms with Gasteiger partial charge in [0.05, 0.1) is 6.54 Å². The first-order chi connectivity index (χ1) is 8.38. The third-order valence-electron chi connectivity index (χ3n) is 2.04. The molecule has 1 aromatic carbocycles. The topological polar surface area (TPSA) is 98.7 Å². The molecular weight excluding hydrogens is 243 g/mol. The normalized spacial score (nSPS) is 11.7. The molecule has 0 radical (unpaired) electrons. The summed E-state index contributed by atoms with van der Waals surface area (Å²) in [7, 11) is 0. The highest BCUT2D eigenvalue weighted by Gasteiger charge is 2.14. The first-order valence-electron chi connectivity index (χ1n) is 5.11. The van der Waals surface area contributed by atoms with Gasteiger partial charge in [-0.2, -0.15) is 0 Å². The SMILES string of the molecule is Cc1cc(F)cc(NC(=O)NCC(O)C(=O)O)c1. The van der Waals surface area contributed by atoms with Crippen molar-refractivity contribution in [2.24, 2.45) is 0 Å². The zero-order chi connectivity index (χ0) is 13.7. The van der Waals surface area contributed by atoms with Gasteiger partial charge in [0.25, 0.3) is 0 Å². The summed E-state index contributed by atoms with van der Waals surface area (Å²) in [6, 6.07) is 3.26. The molecule has 1 aromatic rings. The maximum Gasteiger partial charge on any atom is 0.334 e. The number of urea groups is 1. The summed E-state index contributed by atoms with van der Waals surface area (Å²) in [5, 5.41) is 21.8. The largest absolute Gasteiger partial charge is 0.479 e. The number of anilines is 1. The Bertz CT molecular complexity index is 444. The van der Waals surface area contributed by atoms with Crippen molar-refractivity contribution in [3.63, 3.8) is 0 Å². The molecular formula is C11H13FN2O4. The molecule has 0 heterocycles. The second-order valence-corrected chi connectivity index (χ2v) is 3.71. The Labute approximate surface area is 102 Å². The van der Waals surface area contributed by atoms with Crippen molar-refractivity contribution >= 4 is 17.7 Å². The van der Waals surface area contributed by atoms with E-state index < -0.39 is 30.5 Å². The number of aliphatic hydroxyl groups is 1. The molecule has 0 aliphatic rings. The lowest BCUT2D eigenvalue weighted by Gasteiger charge is -2.10. The molecule has 0 saturated carbocycles. The van der Waals surface area contributed by atoms with E-state index in [0.717, 1.165) is 6.07 Å². The van der Waals surface area contributed by atoms with Crippen LogP contribution in [0.1, 0.15) is 5.56 Å². The standard InChI is InChI=1S/C11H13FN2O4/c1-6-2-7(12)4-8(3-6)14-11(18)13-5-9(15)10(16)17/h2-4,9,15H,5H2,1H3,(H,16,17)(H2,13,14,18). The molecule has 0 aliphatic carbocycles. The zero-order valence-corrected chi connectivity index (χ0v) is 9.61. The number of hydrogen-bond donors (Lipinski definition) is 4. The maximum absolute atomic E-state index is 13.0. The minimum absolute atomic E-state index is 0.245. The lowest BCUT2D eigenvalue weighted by Crippen LogP contribution is -2.38. The fourth-order valence-electron chi connectivity index (χ4n) is 1.26. The van der Waals surface area contributed by atoms with Crippen molar-refractivity contribution in [2.75, 3.05) is 11.9 Å². The summed E-state index contributed by atoms with van der Waals surface area (Å²) >= 11 is 0. The molecule has 1 atom stereocenters. The predicted octanol–water partition coefficient (Wildman–Crippen LogP) is 0.701. The molecule has 0 bridgehead atoms. The Balaban J connectivity index is 2.52. The summed E-state index contributed by atoms with van der Waals surface area (Å²) in [4.78, 5) is 21.6. The first kappa shape index (κ1) is 13.9. The number of carboxylic acid groups (broad SMARTS) is 1. The van der Waals surface area contributed by atoms with Gasteiger partial charge in [-0.1, -0.05) is 0 Å². The van der Waals surface area contributed by atoms with Crippen molar-refractivity contribution in [1.82, 2.24) is 5.32 Å². The molecule has 0 spiro atoms. The van der Waals surface area contributed by atoms with E-state index in [1.165, 1.54) is 6.07 Å². The molecule has 1 rings (SSSR count). The number of nitrogens with one attached hydrogen (secondary N) is 2. The molecule has 0 aliphatic heterocycles. The molecule has 1 unspecified atom stereocenters. The third-order valence-corrected chi connectivity index (χ3v) is 2.04. The number of aliphatic carboxylic acids is 1. The Morgan fingerprint density at radius 3 is 2.61 bits per heavy atom. The van der Waals surface area contributed by atoms with Gasteiger partial charge in [0.15, 0.2) is 6.10 Å². The van der Waals surface area contributed by atoms with Crippen LogP contribution in [0.25, 0.3) is 0 Å². The van der Waals surface area contributed by atoms with Gasteiger partial charge in [0, 0.05) is 5.69 Å². The number of rotatable bonds is 4. The number of halogens is 1. The number of carbonyl (C=O) groups excluding carboxylic acids is 1. The van der Waals surface area contributed by atoms with Crippen LogP contribution in [0, 0.1) is 12.7 Å². The minimum Gasteiger partial charge on any atom is -0.479 e. The highest BCUT2D eigenvalue weighted by molar-refractivity contribution is 5.89. The van der Waals surface area contributed by atoms with E-state index in [1.54, 1.807) is 13.0 Å². The van der Waals surface area contributed by atoms with E-state index in [0.29, 0.717) is 5.56 Å². The Morgan fingerprint density at radius 2 is 2.06 bits per heavy atom. The Hall–Kier alpha value is -2.15. The van der Waals surface area contributed by atoms with Gasteiger partial charge < -0.3 is 20.8 Å². The Kier molecular flexibility index (Phi) is 4.61. The molecule has 2 amide bonds. The predicted molar refractivity (Wildman–Crippen MR) is 61.8 cm³/mol. The smallest absolute Gasteiger partial charge is 0.334 e. The van der Waals surface area contributed by atoms with Crippen molar-refractivity contribution in [3.8, 4) is 0 Å². The molecule has 0 saturated heterocycles. The van der Waals surface area contributed by atoms with E-state index in [2.05, 4.69) is 10.6 Å². The second-order valence-electron chi connectivity index (χ2n) is 3.71. The van der Waals surface area contributed by atoms with Gasteiger partial charge in [0.1, 0.15) is 5.82 Å². The quantitative estimate of drug-likeness (QED) is 0.637. The number of benzene rings is 1. The average Bonchev–Trinajstić information content (AvgIpc) is 2.24. The average molecular weight is 256 g/mol. The van der Waals surface area contributed by atoms with E-state index in [1.807, 2.05) is 0 Å². The van der Waals surface area contributed by atoms with E-state index in [-0.39, 0.29) is 5.69 Å². The molecule has 98 valence electrons. The number of hydrogen-bond acceptors (Lipinski definition) is 3. The summed E-state index contributed by atoms with van der Waals surface area (Å²) in [5.74, 6) is -1.92. The maximum atomic E-state index is 13.0. The van der Waals surface area contributed by atoms with E-state index in [9.17, 15) is 14.0 Å². The molecule has 4 N–H and O–H groups in total. The molecule has 0 fully saturated rings. The number of carbonyl (C=O) groups is 2. The van der Waals surface area contributed by atoms with Crippen LogP contribution in [0.3, 0.4) is 0 Å². The zero-order valence-electron chi connectivity index (χ0n) is 9.61. The molecule has 0 aromatic heterocycles. The number of aliphatic hydroxyl groups excluding tert-OH is 1. The van der Waals surface area contributed by atoms with Crippen molar-refractivity contribution < 1.29 is 24.2 Å². The summed E-state index contributed by atoms with van der Waals surface area (Å²) < 4.78 is 13.0. The van der Waals surface area contributed by atoms with E-state index >= 15 is 0 Å². The summed E-state index contributed by atoms with van der Waals surface area (Å²) in [6.07, 6.45) is -1.68. The van der Waals surface area contributed by atoms with Crippen LogP contribution >= 0.6 is 0 Å². The van der Waals surface area contributed by atoms with Crippen molar-refractivity contribution in [2.45, 2.75) is 13.0 Å². The highest BCUT2D eigenvalue weighted by atomic mass is 19.1. The van der Waals surface area contributed by atoms with Gasteiger partial charge in [-0.15, -0.1) is 0 Å². The Morgan fingerprint density at radius 1 is 1.39 bits per heavy atom. The number of amides is 2. The van der Waals surface area contributed by atoms with Crippen LogP contribution < -0.4 is 10.6 Å². The van der Waals surface area contributed by atoms with Crippen LogP contribution in [0.5, 0.6) is 0 Å². The van der Waals surface area contributed by atoms with Crippen LogP contribution in [0.15, 0.2) is 18.2 Å². The third kappa shape index (κ3) is 4.38. The highest BCUT2D eigenvalue weighted by Crippen LogP contribution is 2.12. The minimum atomic E-state index is -1.68. The van der Waals surface area contributed by atoms with Crippen LogP contribution in [-0.4, -0.2) is 34.9 Å². The monoisotopic (exact) mass is 256 g/mol. The molecule has 7 heteroatoms. The van der Waals surface area contributed by atoms with Crippen molar-refractivity contribution in [1.29, 1.82) is 0 Å². The summed E-state index contributed by atoms with van der Waals surface area (Å²) in [6.45, 7) is 1.23. The van der Waals surface area contributed by atoms with Gasteiger partial charge in [-0.3, -0.25) is 0 Å². The number of aryl methyl sites for hydroxylation is 1. The van der Waals surface area contributed by atoms with Gasteiger partial charge in [-0.25, -0.2) is 14.0 Å². The van der Waals surface area contributed by atoms with E-state index in [4.69, 9.17) is 10.2 Å². The molecule has 18 heavy (non-hydrogen) atoms. The summed E-state index contributed by atoms with van der Waals surface area (Å²) in [5.41, 5.74) is 0.880. The lowest BCUT2D eigenvalue weighted by atomic mass is 10.2. The molecule has 6 nitrogen and oxygen atoms in total. The van der Waals surface area contributed by atoms with Crippen molar-refractivity contribution in [3.05, 3.63) is 29.6 Å². The fourth-order valence-corrected chi connectivity index (χ4v) is 1.26. The lowest BCUT2D eigenvalue weighted by molar-refractivity contribution is -0.146.